The van der Waals surface area contributed by atoms with E-state index in [-0.39, 0.29) is 0 Å². The second-order valence-electron chi connectivity index (χ2n) is 6.46. The average molecular weight is 276 g/mol. The molecule has 0 spiro atoms. The first kappa shape index (κ1) is 13.9. The summed E-state index contributed by atoms with van der Waals surface area (Å²) in [6, 6.07) is 1.47. The molecule has 0 aromatic rings. The first-order valence-corrected chi connectivity index (χ1v) is 8.21. The minimum Gasteiger partial charge on any atom is -0.356 e. The number of nitrogens with one attached hydrogen (secondary N) is 2. The lowest BCUT2D eigenvalue weighted by molar-refractivity contribution is 0.321. The number of guanidine groups is 1. The Morgan fingerprint density at radius 3 is 2.85 bits per heavy atom. The van der Waals surface area contributed by atoms with E-state index < -0.39 is 0 Å². The van der Waals surface area contributed by atoms with E-state index in [2.05, 4.69) is 32.7 Å². The molecule has 0 radical (unpaired) electrons. The summed E-state index contributed by atoms with van der Waals surface area (Å²) in [5.74, 6) is 1.76. The van der Waals surface area contributed by atoms with Gasteiger partial charge in [0, 0.05) is 38.8 Å². The molecule has 20 heavy (non-hydrogen) atoms. The highest BCUT2D eigenvalue weighted by molar-refractivity contribution is 5.80. The van der Waals surface area contributed by atoms with E-state index >= 15 is 0 Å². The molecule has 1 saturated carbocycles. The number of nitrogens with zero attached hydrogens (tertiary/aromatic N) is 2. The molecule has 1 aliphatic heterocycles. The minimum atomic E-state index is 0.577. The van der Waals surface area contributed by atoms with Crippen molar-refractivity contribution in [1.82, 2.24) is 15.5 Å². The Bertz CT molecular complexity index is 373. The third-order valence-electron chi connectivity index (χ3n) is 4.78. The molecule has 3 rings (SSSR count). The number of hydrogen-bond donors (Lipinski definition) is 2. The summed E-state index contributed by atoms with van der Waals surface area (Å²) >= 11 is 0. The summed E-state index contributed by atoms with van der Waals surface area (Å²) in [6.45, 7) is 3.49. The van der Waals surface area contributed by atoms with Crippen LogP contribution in [0.4, 0.5) is 0 Å². The van der Waals surface area contributed by atoms with Gasteiger partial charge in [0.2, 0.25) is 0 Å². The molecule has 3 aliphatic rings. The predicted molar refractivity (Wildman–Crippen MR) is 84.0 cm³/mol. The molecule has 0 bridgehead atoms. The molecule has 0 aromatic carbocycles. The molecule has 2 unspecified atom stereocenters. The lowest BCUT2D eigenvalue weighted by atomic mass is 9.94. The lowest BCUT2D eigenvalue weighted by Gasteiger charge is -2.22. The van der Waals surface area contributed by atoms with Crippen LogP contribution >= 0.6 is 0 Å². The van der Waals surface area contributed by atoms with Crippen LogP contribution < -0.4 is 10.6 Å². The largest absolute Gasteiger partial charge is 0.356 e. The first-order chi connectivity index (χ1) is 9.85. The van der Waals surface area contributed by atoms with Crippen molar-refractivity contribution in [3.8, 4) is 0 Å². The van der Waals surface area contributed by atoms with E-state index in [4.69, 9.17) is 0 Å². The number of aliphatic imine (C=N–C) groups is 1. The van der Waals surface area contributed by atoms with Crippen molar-refractivity contribution in [3.63, 3.8) is 0 Å². The van der Waals surface area contributed by atoms with Crippen molar-refractivity contribution in [3.05, 3.63) is 12.2 Å². The zero-order valence-corrected chi connectivity index (χ0v) is 12.6. The van der Waals surface area contributed by atoms with Crippen LogP contribution in [0.3, 0.4) is 0 Å². The maximum absolute atomic E-state index is 4.38. The van der Waals surface area contributed by atoms with Gasteiger partial charge >= 0.3 is 0 Å². The molecule has 1 saturated heterocycles. The first-order valence-electron chi connectivity index (χ1n) is 8.21. The van der Waals surface area contributed by atoms with Gasteiger partial charge in [-0.15, -0.1) is 0 Å². The van der Waals surface area contributed by atoms with Crippen molar-refractivity contribution in [2.45, 2.75) is 50.6 Å². The molecule has 0 aromatic heterocycles. The Kier molecular flexibility index (Phi) is 4.61. The van der Waals surface area contributed by atoms with Crippen LogP contribution in [0.2, 0.25) is 0 Å². The monoisotopic (exact) mass is 276 g/mol. The Morgan fingerprint density at radius 2 is 2.15 bits per heavy atom. The molecule has 4 heteroatoms. The standard InChI is InChI=1S/C16H28N4/c1-17-16(18-11-13-5-3-2-4-6-13)19-14-9-10-20(12-14)15-7-8-15/h2-3,13-15H,4-12H2,1H3,(H2,17,18,19). The highest BCUT2D eigenvalue weighted by atomic mass is 15.3. The van der Waals surface area contributed by atoms with E-state index in [1.54, 1.807) is 0 Å². The summed E-state index contributed by atoms with van der Waals surface area (Å²) in [4.78, 5) is 7.02. The van der Waals surface area contributed by atoms with Crippen LogP contribution in [-0.2, 0) is 0 Å². The highest BCUT2D eigenvalue weighted by Gasteiger charge is 2.34. The quantitative estimate of drug-likeness (QED) is 0.467. The van der Waals surface area contributed by atoms with Gasteiger partial charge < -0.3 is 10.6 Å². The lowest BCUT2D eigenvalue weighted by Crippen LogP contribution is -2.46. The van der Waals surface area contributed by atoms with Gasteiger partial charge in [0.05, 0.1) is 0 Å². The van der Waals surface area contributed by atoms with Gasteiger partial charge in [-0.25, -0.2) is 0 Å². The predicted octanol–water partition coefficient (Wildman–Crippen LogP) is 1.74. The fourth-order valence-corrected chi connectivity index (χ4v) is 3.35. The van der Waals surface area contributed by atoms with Crippen molar-refractivity contribution >= 4 is 5.96 Å². The van der Waals surface area contributed by atoms with Crippen LogP contribution in [0.25, 0.3) is 0 Å². The number of hydrogen-bond acceptors (Lipinski definition) is 2. The number of rotatable bonds is 4. The van der Waals surface area contributed by atoms with E-state index in [9.17, 15) is 0 Å². The Hall–Kier alpha value is -1.03. The number of allylic oxidation sites excluding steroid dienone is 2. The summed E-state index contributed by atoms with van der Waals surface area (Å²) in [7, 11) is 1.88. The third kappa shape index (κ3) is 3.75. The number of likely N-dealkylation sites (tertiary alicyclic amines) is 1. The Balaban J connectivity index is 1.39. The molecule has 112 valence electrons. The molecule has 2 fully saturated rings. The SMILES string of the molecule is CN=C(NCC1CC=CCC1)NC1CCN(C2CC2)C1. The minimum absolute atomic E-state index is 0.577. The zero-order chi connectivity index (χ0) is 13.8. The second kappa shape index (κ2) is 6.61. The van der Waals surface area contributed by atoms with Gasteiger partial charge in [-0.2, -0.15) is 0 Å². The summed E-state index contributed by atoms with van der Waals surface area (Å²) in [6.07, 6.45) is 12.4. The molecular formula is C16H28N4. The van der Waals surface area contributed by atoms with Crippen molar-refractivity contribution in [2.24, 2.45) is 10.9 Å². The Labute approximate surface area is 122 Å². The molecule has 2 atom stereocenters. The topological polar surface area (TPSA) is 39.7 Å². The molecule has 4 nitrogen and oxygen atoms in total. The fraction of sp³-hybridized carbons (Fsp3) is 0.812. The van der Waals surface area contributed by atoms with Crippen LogP contribution in [0.1, 0.15) is 38.5 Å². The van der Waals surface area contributed by atoms with Gasteiger partial charge in [-0.1, -0.05) is 12.2 Å². The van der Waals surface area contributed by atoms with E-state index in [1.807, 2.05) is 7.05 Å². The molecule has 2 aliphatic carbocycles. The van der Waals surface area contributed by atoms with Gasteiger partial charge in [0.15, 0.2) is 5.96 Å². The molecule has 2 N–H and O–H groups in total. The van der Waals surface area contributed by atoms with Crippen LogP contribution in [0.5, 0.6) is 0 Å². The maximum atomic E-state index is 4.38. The Morgan fingerprint density at radius 1 is 1.25 bits per heavy atom. The normalized spacial score (nSPS) is 31.6. The maximum Gasteiger partial charge on any atom is 0.191 e. The van der Waals surface area contributed by atoms with Crippen molar-refractivity contribution in [1.29, 1.82) is 0 Å². The van der Waals surface area contributed by atoms with Gasteiger partial charge in [-0.3, -0.25) is 9.89 Å². The molecular weight excluding hydrogens is 248 g/mol. The van der Waals surface area contributed by atoms with Crippen LogP contribution in [0, 0.1) is 5.92 Å². The van der Waals surface area contributed by atoms with Gasteiger partial charge in [0.1, 0.15) is 0 Å². The second-order valence-corrected chi connectivity index (χ2v) is 6.46. The zero-order valence-electron chi connectivity index (χ0n) is 12.6. The van der Waals surface area contributed by atoms with Crippen LogP contribution in [-0.4, -0.2) is 49.6 Å². The van der Waals surface area contributed by atoms with E-state index in [0.29, 0.717) is 6.04 Å². The highest BCUT2D eigenvalue weighted by Crippen LogP contribution is 2.29. The van der Waals surface area contributed by atoms with Crippen molar-refractivity contribution < 1.29 is 0 Å². The fourth-order valence-electron chi connectivity index (χ4n) is 3.35. The van der Waals surface area contributed by atoms with Crippen LogP contribution in [0.15, 0.2) is 17.1 Å². The molecule has 1 heterocycles. The van der Waals surface area contributed by atoms with Gasteiger partial charge in [0.25, 0.3) is 0 Å². The average Bonchev–Trinajstić information content (AvgIpc) is 3.24. The van der Waals surface area contributed by atoms with E-state index in [1.165, 1.54) is 51.6 Å². The van der Waals surface area contributed by atoms with Gasteiger partial charge in [-0.05, 0) is 44.4 Å². The summed E-state index contributed by atoms with van der Waals surface area (Å²) < 4.78 is 0. The third-order valence-corrected chi connectivity index (χ3v) is 4.78. The van der Waals surface area contributed by atoms with Crippen molar-refractivity contribution in [2.75, 3.05) is 26.7 Å². The van der Waals surface area contributed by atoms with E-state index in [0.717, 1.165) is 24.5 Å². The summed E-state index contributed by atoms with van der Waals surface area (Å²) in [5, 5.41) is 7.11. The summed E-state index contributed by atoms with van der Waals surface area (Å²) in [5.41, 5.74) is 0. The molecule has 0 amide bonds. The smallest absolute Gasteiger partial charge is 0.191 e.